The van der Waals surface area contributed by atoms with Crippen LogP contribution in [0.3, 0.4) is 0 Å². The molecule has 0 amide bonds. The summed E-state index contributed by atoms with van der Waals surface area (Å²) >= 11 is 1.68. The summed E-state index contributed by atoms with van der Waals surface area (Å²) in [7, 11) is 0. The summed E-state index contributed by atoms with van der Waals surface area (Å²) in [4.78, 5) is 0. The predicted octanol–water partition coefficient (Wildman–Crippen LogP) is 2.55. The molecule has 0 spiro atoms. The van der Waals surface area contributed by atoms with Crippen molar-refractivity contribution in [3.05, 3.63) is 0 Å². The van der Waals surface area contributed by atoms with Crippen LogP contribution in [0.15, 0.2) is 0 Å². The first-order valence-corrected chi connectivity index (χ1v) is 4.73. The second-order valence-corrected chi connectivity index (χ2v) is 2.78. The summed E-state index contributed by atoms with van der Waals surface area (Å²) in [5.41, 5.74) is 0. The fourth-order valence-electron chi connectivity index (χ4n) is 0.177. The quantitative estimate of drug-likeness (QED) is 0.656. The number of hydrogen-bond acceptors (Lipinski definition) is 0. The summed E-state index contributed by atoms with van der Waals surface area (Å²) in [6.07, 6.45) is 2.80. The van der Waals surface area contributed by atoms with Crippen LogP contribution in [0.2, 0.25) is 4.44 Å². The molecular formula is C5H10F3Sn. The van der Waals surface area contributed by atoms with Crippen molar-refractivity contribution < 1.29 is 13.2 Å². The molecule has 9 heavy (non-hydrogen) atoms. The van der Waals surface area contributed by atoms with Crippen LogP contribution in [0.1, 0.15) is 19.8 Å². The van der Waals surface area contributed by atoms with E-state index in [1.165, 1.54) is 17.3 Å². The molecule has 0 aliphatic heterocycles. The first-order chi connectivity index (χ1) is 4.15. The standard InChI is InChI=1S/C4H9.CHF3.Sn/c1-3-4-2;2-1(3)4;/h1,3-4H2,2H3;1H;. The molecule has 0 rings (SSSR count). The Morgan fingerprint density at radius 1 is 1.33 bits per heavy atom. The Kier molecular flexibility index (Phi) is 15.5. The van der Waals surface area contributed by atoms with Gasteiger partial charge in [-0.15, -0.1) is 0 Å². The van der Waals surface area contributed by atoms with Crippen molar-refractivity contribution in [2.75, 3.05) is 0 Å². The third kappa shape index (κ3) is 55.6. The number of hydrogen-bond donors (Lipinski definition) is 0. The molecular weight excluding hydrogens is 236 g/mol. The van der Waals surface area contributed by atoms with Crippen molar-refractivity contribution in [2.45, 2.75) is 30.9 Å². The van der Waals surface area contributed by atoms with Crippen LogP contribution in [0.5, 0.6) is 0 Å². The van der Waals surface area contributed by atoms with E-state index in [4.69, 9.17) is 0 Å². The zero-order chi connectivity index (χ0) is 7.70. The van der Waals surface area contributed by atoms with E-state index in [1.807, 2.05) is 0 Å². The van der Waals surface area contributed by atoms with Gasteiger partial charge < -0.3 is 0 Å². The summed E-state index contributed by atoms with van der Waals surface area (Å²) in [5, 5.41) is 0. The van der Waals surface area contributed by atoms with Gasteiger partial charge in [0, 0.05) is 0 Å². The first kappa shape index (κ1) is 12.3. The summed E-state index contributed by atoms with van der Waals surface area (Å²) in [5.74, 6) is 0. The van der Waals surface area contributed by atoms with Crippen molar-refractivity contribution in [2.24, 2.45) is 0 Å². The van der Waals surface area contributed by atoms with Crippen molar-refractivity contribution in [1.29, 1.82) is 0 Å². The van der Waals surface area contributed by atoms with Gasteiger partial charge in [0.25, 0.3) is 0 Å². The van der Waals surface area contributed by atoms with Crippen LogP contribution in [-0.4, -0.2) is 29.2 Å². The Morgan fingerprint density at radius 2 is 1.67 bits per heavy atom. The van der Waals surface area contributed by atoms with Crippen molar-refractivity contribution in [3.8, 4) is 0 Å². The molecule has 0 saturated heterocycles. The molecule has 0 nitrogen and oxygen atoms in total. The van der Waals surface area contributed by atoms with E-state index >= 15 is 0 Å². The van der Waals surface area contributed by atoms with Crippen LogP contribution in [0, 0.1) is 0 Å². The first-order valence-electron chi connectivity index (χ1n) is 2.72. The van der Waals surface area contributed by atoms with E-state index in [2.05, 4.69) is 6.92 Å². The minimum absolute atomic E-state index is 1.37. The average Bonchev–Trinajstić information content (AvgIpc) is 1.66. The fraction of sp³-hybridized carbons (Fsp3) is 1.00. The van der Waals surface area contributed by atoms with Crippen LogP contribution in [0.4, 0.5) is 13.2 Å². The Hall–Kier alpha value is 0.589. The normalized spacial score (nSPS) is 8.67. The van der Waals surface area contributed by atoms with Gasteiger partial charge >= 0.3 is 53.4 Å². The third-order valence-electron chi connectivity index (χ3n) is 0.530. The minimum atomic E-state index is -3.67. The van der Waals surface area contributed by atoms with Gasteiger partial charge in [-0.1, -0.05) is 0 Å². The molecule has 0 aliphatic rings. The van der Waals surface area contributed by atoms with Gasteiger partial charge in [-0.3, -0.25) is 0 Å². The second kappa shape index (κ2) is 11.4. The molecule has 0 N–H and O–H groups in total. The molecule has 0 fully saturated rings. The van der Waals surface area contributed by atoms with Crippen molar-refractivity contribution in [1.82, 2.24) is 0 Å². The van der Waals surface area contributed by atoms with Crippen LogP contribution < -0.4 is 0 Å². The van der Waals surface area contributed by atoms with E-state index in [0.29, 0.717) is 0 Å². The Morgan fingerprint density at radius 3 is 1.67 bits per heavy atom. The summed E-state index contributed by atoms with van der Waals surface area (Å²) < 4.78 is 30.4. The molecule has 0 heterocycles. The van der Waals surface area contributed by atoms with Crippen LogP contribution in [0.25, 0.3) is 0 Å². The molecule has 0 saturated carbocycles. The number of halogens is 3. The molecule has 55 valence electrons. The van der Waals surface area contributed by atoms with E-state index in [-0.39, 0.29) is 0 Å². The van der Waals surface area contributed by atoms with Gasteiger partial charge in [-0.2, -0.15) is 13.2 Å². The molecule has 0 bridgehead atoms. The molecule has 4 heteroatoms. The Bertz CT molecular complexity index is 36.4. The van der Waals surface area contributed by atoms with Crippen LogP contribution >= 0.6 is 0 Å². The van der Waals surface area contributed by atoms with E-state index in [9.17, 15) is 13.2 Å². The topological polar surface area (TPSA) is 0 Å². The molecule has 0 aromatic heterocycles. The summed E-state index contributed by atoms with van der Waals surface area (Å²) in [6, 6.07) is 0. The van der Waals surface area contributed by atoms with Crippen molar-refractivity contribution in [3.63, 3.8) is 0 Å². The molecule has 0 atom stereocenters. The van der Waals surface area contributed by atoms with Gasteiger partial charge in [0.2, 0.25) is 0 Å². The molecule has 3 radical (unpaired) electrons. The van der Waals surface area contributed by atoms with E-state index < -0.39 is 6.68 Å². The van der Waals surface area contributed by atoms with E-state index in [1.54, 1.807) is 22.5 Å². The van der Waals surface area contributed by atoms with Gasteiger partial charge in [-0.05, 0) is 0 Å². The van der Waals surface area contributed by atoms with Gasteiger partial charge in [0.05, 0.1) is 0 Å². The zero-order valence-electron chi connectivity index (χ0n) is 5.33. The maximum atomic E-state index is 9.67. The molecule has 0 aromatic rings. The second-order valence-electron chi connectivity index (χ2n) is 1.35. The number of alkyl halides is 3. The minimum Gasteiger partial charge on any atom is -0.174 e. The fourth-order valence-corrected chi connectivity index (χ4v) is 1.19. The maximum Gasteiger partial charge on any atom is 0.379 e. The molecule has 0 aromatic carbocycles. The number of rotatable bonds is 2. The zero-order valence-corrected chi connectivity index (χ0v) is 8.19. The van der Waals surface area contributed by atoms with Crippen molar-refractivity contribution >= 4 is 22.5 Å². The third-order valence-corrected chi connectivity index (χ3v) is 1.54. The van der Waals surface area contributed by atoms with E-state index in [0.717, 1.165) is 0 Å². The Balaban J connectivity index is 0. The average molecular weight is 246 g/mol. The predicted molar refractivity (Wildman–Crippen MR) is 32.6 cm³/mol. The van der Waals surface area contributed by atoms with Gasteiger partial charge in [-0.25, -0.2) is 0 Å². The number of unbranched alkanes of at least 4 members (excludes halogenated alkanes) is 1. The molecule has 0 aliphatic carbocycles. The summed E-state index contributed by atoms with van der Waals surface area (Å²) in [6.45, 7) is -1.44. The van der Waals surface area contributed by atoms with Gasteiger partial charge in [0.1, 0.15) is 0 Å². The smallest absolute Gasteiger partial charge is 0.174 e. The SMILES string of the molecule is CCC[CH2][Sn].FC(F)F. The van der Waals surface area contributed by atoms with Gasteiger partial charge in [0.15, 0.2) is 0 Å². The maximum absolute atomic E-state index is 9.67. The van der Waals surface area contributed by atoms with Crippen LogP contribution in [-0.2, 0) is 0 Å². The monoisotopic (exact) mass is 247 g/mol. The Labute approximate surface area is 66.9 Å². The largest absolute Gasteiger partial charge is 0.379 e. The molecule has 0 unspecified atom stereocenters.